The van der Waals surface area contributed by atoms with Gasteiger partial charge in [-0.1, -0.05) is 401 Å². The molecule has 2 fully saturated rings. The second-order valence-corrected chi connectivity index (χ2v) is 37.7. The van der Waals surface area contributed by atoms with Crippen molar-refractivity contribution in [2.75, 3.05) is 13.2 Å². The van der Waals surface area contributed by atoms with Gasteiger partial charge in [-0.05, 0) is 64.7 Å². The van der Waals surface area contributed by atoms with Crippen LogP contribution in [0.5, 0.6) is 0 Å². The Morgan fingerprint density at radius 3 is 0.893 bits per heavy atom. The molecule has 23 heteroatoms. The largest absolute Gasteiger partial charge is 0.470 e. The van der Waals surface area contributed by atoms with Crippen LogP contribution < -0.4 is 10.6 Å². The van der Waals surface area contributed by atoms with E-state index < -0.39 is 143 Å². The van der Waals surface area contributed by atoms with Crippen LogP contribution in [0.4, 0.5) is 0 Å². The summed E-state index contributed by atoms with van der Waals surface area (Å²) < 4.78 is 62.3. The zero-order valence-electron chi connectivity index (χ0n) is 78.9. The molecule has 2 heterocycles. The normalized spacial score (nSPS) is 20.0. The summed E-state index contributed by atoms with van der Waals surface area (Å²) in [5.74, 6) is -3.52. The summed E-state index contributed by atoms with van der Waals surface area (Å²) in [6.45, 7) is 13.3. The Kier molecular flexibility index (Phi) is 74.0. The molecule has 0 bridgehead atoms. The van der Waals surface area contributed by atoms with Gasteiger partial charge in [-0.25, -0.2) is 4.57 Å². The Morgan fingerprint density at radius 2 is 0.607 bits per heavy atom. The molecule has 0 aromatic carbocycles. The number of phosphoric ester groups is 1. The molecule has 0 aromatic heterocycles. The van der Waals surface area contributed by atoms with E-state index in [4.69, 9.17) is 37.7 Å². The summed E-state index contributed by atoms with van der Waals surface area (Å²) in [7, 11) is -5.56. The van der Waals surface area contributed by atoms with Crippen molar-refractivity contribution < 1.29 is 96.1 Å². The summed E-state index contributed by atoms with van der Waals surface area (Å²) in [4.78, 5) is 106. The number of aliphatic hydroxyl groups excluding tert-OH is 3. The van der Waals surface area contributed by atoms with E-state index in [-0.39, 0.29) is 31.7 Å². The Hall–Kier alpha value is -3.31. The average molecular weight is 1760 g/mol. The predicted octanol–water partition coefficient (Wildman–Crippen LogP) is 24.1. The maximum Gasteiger partial charge on any atom is 0.470 e. The van der Waals surface area contributed by atoms with Gasteiger partial charge in [0.05, 0.1) is 44.6 Å². The molecule has 2 saturated heterocycles. The highest BCUT2D eigenvalue weighted by Crippen LogP contribution is 2.43. The minimum absolute atomic E-state index is 0.140. The maximum atomic E-state index is 15.0. The third-order valence-corrected chi connectivity index (χ3v) is 25.4. The quantitative estimate of drug-likeness (QED) is 0.0129. The van der Waals surface area contributed by atoms with Crippen LogP contribution in [0.1, 0.15) is 504 Å². The lowest BCUT2D eigenvalue weighted by atomic mass is 9.93. The Bertz CT molecular complexity index is 2550. The molecule has 22 nitrogen and oxygen atoms in total. The molecule has 0 aromatic rings. The van der Waals surface area contributed by atoms with Gasteiger partial charge in [0.2, 0.25) is 11.8 Å². The van der Waals surface area contributed by atoms with Gasteiger partial charge in [0.25, 0.3) is 0 Å². The van der Waals surface area contributed by atoms with Crippen LogP contribution in [-0.4, -0.2) is 153 Å². The van der Waals surface area contributed by atoms with Crippen molar-refractivity contribution >= 4 is 43.5 Å². The second-order valence-electron chi connectivity index (χ2n) is 36.5. The first-order valence-corrected chi connectivity index (χ1v) is 52.8. The van der Waals surface area contributed by atoms with Crippen molar-refractivity contribution in [3.05, 3.63) is 0 Å². The fourth-order valence-corrected chi connectivity index (χ4v) is 17.9. The molecule has 0 aliphatic carbocycles. The number of carbonyl (C=O) groups is 6. The molecule has 0 saturated carbocycles. The Labute approximate surface area is 743 Å². The third kappa shape index (κ3) is 62.0. The van der Waals surface area contributed by atoms with E-state index in [1.54, 1.807) is 6.92 Å². The van der Waals surface area contributed by atoms with Crippen molar-refractivity contribution in [1.29, 1.82) is 0 Å². The van der Waals surface area contributed by atoms with Crippen molar-refractivity contribution in [2.45, 2.75) is 584 Å². The first-order valence-electron chi connectivity index (χ1n) is 51.2. The number of aliphatic hydroxyl groups is 3. The van der Waals surface area contributed by atoms with Crippen molar-refractivity contribution in [2.24, 2.45) is 0 Å². The summed E-state index contributed by atoms with van der Waals surface area (Å²) in [6, 6.07) is -2.87. The van der Waals surface area contributed by atoms with Gasteiger partial charge in [-0.15, -0.1) is 0 Å². The van der Waals surface area contributed by atoms with Gasteiger partial charge in [0, 0.05) is 19.3 Å². The first-order chi connectivity index (χ1) is 59.2. The molecule has 2 amide bonds. The van der Waals surface area contributed by atoms with E-state index >= 15 is 4.79 Å². The minimum Gasteiger partial charge on any atom is -0.462 e. The van der Waals surface area contributed by atoms with E-state index in [9.17, 15) is 53.6 Å². The van der Waals surface area contributed by atoms with Gasteiger partial charge >= 0.3 is 31.7 Å². The molecule has 13 atom stereocenters. The topological polar surface area (TPSA) is 319 Å². The van der Waals surface area contributed by atoms with Gasteiger partial charge in [-0.3, -0.25) is 33.3 Å². The fourth-order valence-electron chi connectivity index (χ4n) is 17.3. The molecule has 2 rings (SSSR count). The van der Waals surface area contributed by atoms with Crippen LogP contribution in [0.3, 0.4) is 0 Å². The van der Waals surface area contributed by atoms with E-state index in [1.165, 1.54) is 186 Å². The van der Waals surface area contributed by atoms with E-state index in [1.807, 2.05) is 0 Å². The van der Waals surface area contributed by atoms with Gasteiger partial charge in [0.15, 0.2) is 12.4 Å². The monoisotopic (exact) mass is 1760 g/mol. The SMILES string of the molecule is CCCCCCCCCCCCCCCC(=O)O[C@H](CCCCCCCCCCC)CC(=O)NC1[C@@H](O)[C@H](O)C(CO[C@@H]2OC(CO)[C@@H](OP(=O)(O)O)[C@H](OC(=O)C[C@@H](CCCCCCCCCCC)OC(=O)CCCCCCCCCCCCC)C2NC(=O)C[C@@H](CCCCCCCCCCC)OC(=O)CCCCCCCCCCCCC)O[C@@H]1C. The number of carbonyl (C=O) groups excluding carboxylic acids is 6. The van der Waals surface area contributed by atoms with Crippen molar-refractivity contribution in [3.8, 4) is 0 Å². The number of amides is 2. The molecule has 2 aliphatic heterocycles. The average Bonchev–Trinajstić information content (AvgIpc) is 0.779. The molecule has 4 unspecified atom stereocenters. The smallest absolute Gasteiger partial charge is 0.462 e. The highest BCUT2D eigenvalue weighted by molar-refractivity contribution is 7.46. The Balaban J connectivity index is 2.57. The number of phosphoric acid groups is 1. The highest BCUT2D eigenvalue weighted by atomic mass is 31.2. The third-order valence-electron chi connectivity index (χ3n) is 24.9. The maximum absolute atomic E-state index is 15.0. The molecular weight excluding hydrogens is 1570 g/mol. The van der Waals surface area contributed by atoms with Crippen LogP contribution in [0.2, 0.25) is 0 Å². The summed E-state index contributed by atoms with van der Waals surface area (Å²) in [5.41, 5.74) is 0. The summed E-state index contributed by atoms with van der Waals surface area (Å²) in [5, 5.41) is 40.8. The molecule has 0 spiro atoms. The van der Waals surface area contributed by atoms with Crippen LogP contribution in [0.25, 0.3) is 0 Å². The van der Waals surface area contributed by atoms with Gasteiger partial charge in [0.1, 0.15) is 54.9 Å². The van der Waals surface area contributed by atoms with Gasteiger partial charge in [-0.2, -0.15) is 0 Å². The van der Waals surface area contributed by atoms with Gasteiger partial charge < -0.3 is 68.9 Å². The lowest BCUT2D eigenvalue weighted by molar-refractivity contribution is -0.285. The number of hydrogen-bond donors (Lipinski definition) is 7. The number of rotatable bonds is 86. The summed E-state index contributed by atoms with van der Waals surface area (Å²) in [6.07, 6.45) is 52.7. The lowest BCUT2D eigenvalue weighted by Crippen LogP contribution is -2.67. The molecular formula is C99H187N2O20P. The van der Waals surface area contributed by atoms with E-state index in [0.29, 0.717) is 51.4 Å². The van der Waals surface area contributed by atoms with Crippen LogP contribution in [0, 0.1) is 0 Å². The molecule has 122 heavy (non-hydrogen) atoms. The zero-order chi connectivity index (χ0) is 89.2. The fraction of sp³-hybridized carbons (Fsp3) is 0.939. The number of nitrogens with one attached hydrogen (secondary N) is 2. The van der Waals surface area contributed by atoms with Crippen LogP contribution in [0.15, 0.2) is 0 Å². The minimum atomic E-state index is -5.56. The number of hydrogen-bond acceptors (Lipinski definition) is 18. The Morgan fingerprint density at radius 1 is 0.336 bits per heavy atom. The standard InChI is InChI=1S/C99H187N2O20P/c1-8-14-20-26-32-38-41-42-45-51-57-62-67-73-89(105)116-82(70-64-58-52-46-35-29-23-17-11-4)76-87(103)100-93-81(7)115-86(95(109)96(93)110)80-114-99-94(101-88(104)77-83(71-65-59-53-47-36-30-24-18-12-5)117-90(106)74-68-61-55-49-43-39-33-27-21-15-9-2)98(97(85(79-102)119-99)121-122(111,112)113)120-92(108)78-84(72-66-60-54-48-37-31-25-19-13-6)118-91(107)75-69-63-56-50-44-40-34-28-22-16-10-3/h81-86,93-99,102,109-110H,8-80H2,1-7H3,(H,100,103)(H,101,104)(H2,111,112,113)/t81-,82-,83-,84-,85?,86?,93?,94?,95-,96-,97-,98-,99-/m1/s1. The zero-order valence-corrected chi connectivity index (χ0v) is 79.8. The number of ether oxygens (including phenoxy) is 7. The lowest BCUT2D eigenvalue weighted by Gasteiger charge is -2.46. The van der Waals surface area contributed by atoms with Crippen LogP contribution in [-0.2, 0) is 71.0 Å². The van der Waals surface area contributed by atoms with E-state index in [2.05, 4.69) is 52.2 Å². The van der Waals surface area contributed by atoms with Crippen molar-refractivity contribution in [3.63, 3.8) is 0 Å². The molecule has 7 N–H and O–H groups in total. The number of esters is 4. The van der Waals surface area contributed by atoms with Crippen LogP contribution >= 0.6 is 7.82 Å². The van der Waals surface area contributed by atoms with E-state index in [0.717, 1.165) is 180 Å². The van der Waals surface area contributed by atoms with Crippen molar-refractivity contribution in [1.82, 2.24) is 10.6 Å². The highest BCUT2D eigenvalue weighted by Gasteiger charge is 2.53. The first kappa shape index (κ1) is 115. The molecule has 2 aliphatic rings. The predicted molar refractivity (Wildman–Crippen MR) is 490 cm³/mol. The molecule has 718 valence electrons. The number of unbranched alkanes of at least 4 members (excludes halogenated alkanes) is 56. The summed E-state index contributed by atoms with van der Waals surface area (Å²) >= 11 is 0. The molecule has 0 radical (unpaired) electrons. The second kappa shape index (κ2) is 78.7.